The lowest BCUT2D eigenvalue weighted by Gasteiger charge is -2.14. The lowest BCUT2D eigenvalue weighted by atomic mass is 10.0. The van der Waals surface area contributed by atoms with Crippen molar-refractivity contribution in [3.05, 3.63) is 24.3 Å². The molecule has 1 amide bonds. The molecule has 0 aliphatic carbocycles. The van der Waals surface area contributed by atoms with Gasteiger partial charge in [-0.1, -0.05) is 71.6 Å². The number of phenolic OH excluding ortho intramolecular Hbond substituents is 1. The van der Waals surface area contributed by atoms with Crippen LogP contribution in [0.5, 0.6) is 5.75 Å². The van der Waals surface area contributed by atoms with Crippen molar-refractivity contribution in [3.63, 3.8) is 0 Å². The minimum absolute atomic E-state index is 0.115. The summed E-state index contributed by atoms with van der Waals surface area (Å²) in [7, 11) is 0. The van der Waals surface area contributed by atoms with E-state index in [4.69, 9.17) is 0 Å². The van der Waals surface area contributed by atoms with E-state index in [2.05, 4.69) is 13.8 Å². The van der Waals surface area contributed by atoms with E-state index in [1.54, 1.807) is 0 Å². The van der Waals surface area contributed by atoms with Crippen molar-refractivity contribution in [2.24, 2.45) is 5.92 Å². The fraction of sp³-hybridized carbons (Fsp3) is 0.667. The summed E-state index contributed by atoms with van der Waals surface area (Å²) in [4.78, 5) is 11.9. The van der Waals surface area contributed by atoms with E-state index < -0.39 is 0 Å². The zero-order valence-corrected chi connectivity index (χ0v) is 15.9. The van der Waals surface area contributed by atoms with Crippen LogP contribution in [-0.2, 0) is 4.79 Å². The zero-order chi connectivity index (χ0) is 18.5. The van der Waals surface area contributed by atoms with E-state index in [9.17, 15) is 15.1 Å². The van der Waals surface area contributed by atoms with Crippen LogP contribution in [0.25, 0.3) is 0 Å². The van der Waals surface area contributed by atoms with Crippen LogP contribution in [0.2, 0.25) is 0 Å². The van der Waals surface area contributed by atoms with Gasteiger partial charge in [-0.3, -0.25) is 10.0 Å². The molecule has 1 aromatic rings. The Morgan fingerprint density at radius 1 is 0.880 bits per heavy atom. The van der Waals surface area contributed by atoms with Crippen LogP contribution in [0.4, 0.5) is 5.69 Å². The number of nitrogens with zero attached hydrogens (tertiary/aromatic N) is 1. The second kappa shape index (κ2) is 12.8. The van der Waals surface area contributed by atoms with E-state index >= 15 is 0 Å². The second-order valence-electron chi connectivity index (χ2n) is 7.34. The normalized spacial score (nSPS) is 11.0. The molecule has 25 heavy (non-hydrogen) atoms. The summed E-state index contributed by atoms with van der Waals surface area (Å²) in [5.41, 5.74) is 0.389. The van der Waals surface area contributed by atoms with Gasteiger partial charge in [-0.15, -0.1) is 0 Å². The average molecular weight is 350 g/mol. The number of anilines is 1. The van der Waals surface area contributed by atoms with Crippen molar-refractivity contribution in [3.8, 4) is 5.75 Å². The molecule has 0 saturated carbocycles. The Kier molecular flexibility index (Phi) is 11.0. The van der Waals surface area contributed by atoms with E-state index in [0.717, 1.165) is 25.2 Å². The largest absolute Gasteiger partial charge is 0.508 e. The van der Waals surface area contributed by atoms with Crippen LogP contribution >= 0.6 is 0 Å². The number of hydrogen-bond donors (Lipinski definition) is 2. The smallest absolute Gasteiger partial charge is 0.250 e. The van der Waals surface area contributed by atoms with Crippen LogP contribution < -0.4 is 5.06 Å². The maximum absolute atomic E-state index is 11.9. The van der Waals surface area contributed by atoms with E-state index in [-0.39, 0.29) is 11.7 Å². The zero-order valence-electron chi connectivity index (χ0n) is 15.9. The van der Waals surface area contributed by atoms with Crippen LogP contribution in [0.3, 0.4) is 0 Å². The standard InChI is InChI=1S/C21H35NO3/c1-18(2)12-10-8-6-4-3-5-7-9-11-13-21(24)22(25)19-14-16-20(23)17-15-19/h14-18,23,25H,3-13H2,1-2H3. The molecule has 1 rings (SSSR count). The fourth-order valence-electron chi connectivity index (χ4n) is 2.91. The number of aromatic hydroxyl groups is 1. The summed E-state index contributed by atoms with van der Waals surface area (Å²) in [6.07, 6.45) is 12.6. The maximum Gasteiger partial charge on any atom is 0.250 e. The molecule has 1 aromatic carbocycles. The Bertz CT molecular complexity index is 471. The van der Waals surface area contributed by atoms with Crippen LogP contribution in [-0.4, -0.2) is 16.2 Å². The van der Waals surface area contributed by atoms with Gasteiger partial charge in [0.2, 0.25) is 0 Å². The first-order valence-corrected chi connectivity index (χ1v) is 9.81. The molecule has 0 heterocycles. The number of unbranched alkanes of at least 4 members (excludes halogenated alkanes) is 8. The molecule has 0 bridgehead atoms. The van der Waals surface area contributed by atoms with Crippen molar-refractivity contribution in [1.82, 2.24) is 0 Å². The van der Waals surface area contributed by atoms with Gasteiger partial charge >= 0.3 is 0 Å². The quantitative estimate of drug-likeness (QED) is 0.258. The summed E-state index contributed by atoms with van der Waals surface area (Å²) < 4.78 is 0. The molecule has 0 aliphatic heterocycles. The molecular formula is C21H35NO3. The van der Waals surface area contributed by atoms with Gasteiger partial charge in [-0.05, 0) is 36.6 Å². The van der Waals surface area contributed by atoms with Crippen molar-refractivity contribution >= 4 is 11.6 Å². The van der Waals surface area contributed by atoms with Crippen molar-refractivity contribution < 1.29 is 15.1 Å². The summed E-state index contributed by atoms with van der Waals surface area (Å²) in [6.45, 7) is 4.57. The van der Waals surface area contributed by atoms with Gasteiger partial charge in [0, 0.05) is 6.42 Å². The van der Waals surface area contributed by atoms with Crippen molar-refractivity contribution in [1.29, 1.82) is 0 Å². The Labute approximate surface area is 152 Å². The summed E-state index contributed by atoms with van der Waals surface area (Å²) in [5.74, 6) is 0.645. The minimum atomic E-state index is -0.296. The van der Waals surface area contributed by atoms with Gasteiger partial charge in [0.05, 0.1) is 5.69 Å². The molecule has 0 atom stereocenters. The molecule has 0 saturated heterocycles. The van der Waals surface area contributed by atoms with Crippen LogP contribution in [0, 0.1) is 5.92 Å². The lowest BCUT2D eigenvalue weighted by molar-refractivity contribution is -0.123. The van der Waals surface area contributed by atoms with E-state index in [1.165, 1.54) is 69.2 Å². The summed E-state index contributed by atoms with van der Waals surface area (Å²) in [5, 5.41) is 19.8. The number of carbonyl (C=O) groups is 1. The van der Waals surface area contributed by atoms with Crippen LogP contribution in [0.15, 0.2) is 24.3 Å². The summed E-state index contributed by atoms with van der Waals surface area (Å²) >= 11 is 0. The number of hydrogen-bond acceptors (Lipinski definition) is 3. The Morgan fingerprint density at radius 2 is 1.36 bits per heavy atom. The SMILES string of the molecule is CC(C)CCCCCCCCCCCC(=O)N(O)c1ccc(O)cc1. The highest BCUT2D eigenvalue weighted by Crippen LogP contribution is 2.18. The highest BCUT2D eigenvalue weighted by Gasteiger charge is 2.12. The van der Waals surface area contributed by atoms with E-state index in [0.29, 0.717) is 17.2 Å². The highest BCUT2D eigenvalue weighted by atomic mass is 16.5. The first-order valence-electron chi connectivity index (χ1n) is 9.81. The van der Waals surface area contributed by atoms with Crippen molar-refractivity contribution in [2.45, 2.75) is 84.5 Å². The Morgan fingerprint density at radius 3 is 1.88 bits per heavy atom. The third-order valence-electron chi connectivity index (χ3n) is 4.50. The first-order chi connectivity index (χ1) is 12.0. The second-order valence-corrected chi connectivity index (χ2v) is 7.34. The number of carbonyl (C=O) groups excluding carboxylic acids is 1. The van der Waals surface area contributed by atoms with Gasteiger partial charge < -0.3 is 5.11 Å². The molecule has 4 heteroatoms. The molecule has 142 valence electrons. The molecule has 0 radical (unpaired) electrons. The number of benzene rings is 1. The maximum atomic E-state index is 11.9. The van der Waals surface area contributed by atoms with Gasteiger partial charge in [0.15, 0.2) is 0 Å². The topological polar surface area (TPSA) is 60.8 Å². The number of hydroxylamine groups is 1. The molecular weight excluding hydrogens is 314 g/mol. The number of phenols is 1. The van der Waals surface area contributed by atoms with Gasteiger partial charge in [0.1, 0.15) is 5.75 Å². The molecule has 0 fully saturated rings. The van der Waals surface area contributed by atoms with Gasteiger partial charge in [0.25, 0.3) is 5.91 Å². The van der Waals surface area contributed by atoms with E-state index in [1.807, 2.05) is 0 Å². The lowest BCUT2D eigenvalue weighted by Crippen LogP contribution is -2.26. The van der Waals surface area contributed by atoms with Crippen molar-refractivity contribution in [2.75, 3.05) is 5.06 Å². The first kappa shape index (κ1) is 21.5. The molecule has 4 nitrogen and oxygen atoms in total. The Balaban J connectivity index is 1.98. The minimum Gasteiger partial charge on any atom is -0.508 e. The molecule has 0 aliphatic rings. The number of rotatable bonds is 13. The molecule has 0 aromatic heterocycles. The monoisotopic (exact) mass is 349 g/mol. The van der Waals surface area contributed by atoms with Crippen LogP contribution in [0.1, 0.15) is 84.5 Å². The fourth-order valence-corrected chi connectivity index (χ4v) is 2.91. The number of amides is 1. The highest BCUT2D eigenvalue weighted by molar-refractivity contribution is 5.90. The molecule has 0 spiro atoms. The molecule has 2 N–H and O–H groups in total. The third-order valence-corrected chi connectivity index (χ3v) is 4.50. The average Bonchev–Trinajstić information content (AvgIpc) is 2.59. The summed E-state index contributed by atoms with van der Waals surface area (Å²) in [6, 6.07) is 5.95. The Hall–Kier alpha value is -1.55. The molecule has 0 unspecified atom stereocenters. The predicted octanol–water partition coefficient (Wildman–Crippen LogP) is 6.06. The predicted molar refractivity (Wildman–Crippen MR) is 103 cm³/mol. The third kappa shape index (κ3) is 10.1. The van der Waals surface area contributed by atoms with Gasteiger partial charge in [-0.2, -0.15) is 5.06 Å². The van der Waals surface area contributed by atoms with Gasteiger partial charge in [-0.25, -0.2) is 0 Å².